The second-order valence-corrected chi connectivity index (χ2v) is 3.63. The molecule has 17 heavy (non-hydrogen) atoms. The molecule has 0 heterocycles. The highest BCUT2D eigenvalue weighted by Crippen LogP contribution is 2.19. The minimum absolute atomic E-state index is 0.219. The standard InChI is InChI=1S/C12H14O5/c13-5-1-2-8-3-4-9(6-10(8)7-14)11(15)12(16)17/h3-6,11,14-15H,1-2,7H2,(H,16,17). The summed E-state index contributed by atoms with van der Waals surface area (Å²) in [5.41, 5.74) is 1.53. The third-order valence-corrected chi connectivity index (χ3v) is 2.48. The molecule has 5 heteroatoms. The summed E-state index contributed by atoms with van der Waals surface area (Å²) in [7, 11) is 0. The average Bonchev–Trinajstić information content (AvgIpc) is 2.35. The molecule has 0 fully saturated rings. The number of benzene rings is 1. The van der Waals surface area contributed by atoms with Crippen molar-refractivity contribution in [3.8, 4) is 0 Å². The largest absolute Gasteiger partial charge is 0.479 e. The molecule has 0 aliphatic carbocycles. The van der Waals surface area contributed by atoms with E-state index >= 15 is 0 Å². The van der Waals surface area contributed by atoms with Crippen LogP contribution in [0.15, 0.2) is 18.2 Å². The fraction of sp³-hybridized carbons (Fsp3) is 0.333. The fourth-order valence-electron chi connectivity index (χ4n) is 1.56. The number of rotatable bonds is 6. The summed E-state index contributed by atoms with van der Waals surface area (Å²) in [6.07, 6.45) is 0.0121. The second-order valence-electron chi connectivity index (χ2n) is 3.63. The molecule has 5 nitrogen and oxygen atoms in total. The number of carbonyl (C=O) groups excluding carboxylic acids is 1. The number of aliphatic hydroxyl groups excluding tert-OH is 2. The van der Waals surface area contributed by atoms with Gasteiger partial charge in [-0.05, 0) is 23.1 Å². The zero-order chi connectivity index (χ0) is 12.8. The number of carbonyl (C=O) groups is 2. The fourth-order valence-corrected chi connectivity index (χ4v) is 1.56. The van der Waals surface area contributed by atoms with E-state index in [-0.39, 0.29) is 12.2 Å². The van der Waals surface area contributed by atoms with Gasteiger partial charge in [0.2, 0.25) is 0 Å². The number of hydrogen-bond donors (Lipinski definition) is 3. The van der Waals surface area contributed by atoms with Gasteiger partial charge < -0.3 is 20.1 Å². The first-order valence-corrected chi connectivity index (χ1v) is 5.17. The van der Waals surface area contributed by atoms with E-state index in [2.05, 4.69) is 0 Å². The summed E-state index contributed by atoms with van der Waals surface area (Å²) in [6.45, 7) is -0.256. The Morgan fingerprint density at radius 3 is 2.59 bits per heavy atom. The van der Waals surface area contributed by atoms with E-state index in [1.54, 1.807) is 6.07 Å². The Kier molecular flexibility index (Phi) is 4.81. The van der Waals surface area contributed by atoms with Crippen LogP contribution in [0.1, 0.15) is 29.2 Å². The molecule has 1 aromatic rings. The van der Waals surface area contributed by atoms with Crippen molar-refractivity contribution in [3.05, 3.63) is 34.9 Å². The lowest BCUT2D eigenvalue weighted by Crippen LogP contribution is -2.11. The summed E-state index contributed by atoms with van der Waals surface area (Å²) >= 11 is 0. The van der Waals surface area contributed by atoms with Gasteiger partial charge in [-0.25, -0.2) is 4.79 Å². The van der Waals surface area contributed by atoms with Crippen LogP contribution in [-0.2, 0) is 22.6 Å². The number of aliphatic hydroxyl groups is 2. The Labute approximate surface area is 98.3 Å². The van der Waals surface area contributed by atoms with Gasteiger partial charge in [-0.2, -0.15) is 0 Å². The average molecular weight is 238 g/mol. The first-order valence-electron chi connectivity index (χ1n) is 5.17. The maximum atomic E-state index is 10.6. The highest BCUT2D eigenvalue weighted by atomic mass is 16.4. The number of hydrogen-bond acceptors (Lipinski definition) is 4. The van der Waals surface area contributed by atoms with Gasteiger partial charge >= 0.3 is 5.97 Å². The predicted molar refractivity (Wildman–Crippen MR) is 59.3 cm³/mol. The predicted octanol–water partition coefficient (Wildman–Crippen LogP) is 0.428. The normalized spacial score (nSPS) is 12.1. The lowest BCUT2D eigenvalue weighted by Gasteiger charge is -2.11. The Bertz CT molecular complexity index is 413. The number of carboxylic acids is 1. The van der Waals surface area contributed by atoms with Crippen molar-refractivity contribution in [1.29, 1.82) is 0 Å². The minimum atomic E-state index is -1.60. The first-order chi connectivity index (χ1) is 8.10. The van der Waals surface area contributed by atoms with Crippen molar-refractivity contribution < 1.29 is 24.9 Å². The molecule has 0 spiro atoms. The highest BCUT2D eigenvalue weighted by Gasteiger charge is 2.16. The smallest absolute Gasteiger partial charge is 0.337 e. The highest BCUT2D eigenvalue weighted by molar-refractivity contribution is 5.74. The van der Waals surface area contributed by atoms with Gasteiger partial charge in [0.25, 0.3) is 0 Å². The number of aliphatic carboxylic acids is 1. The van der Waals surface area contributed by atoms with Crippen molar-refractivity contribution in [3.63, 3.8) is 0 Å². The van der Waals surface area contributed by atoms with Crippen LogP contribution in [0.25, 0.3) is 0 Å². The van der Waals surface area contributed by atoms with Crippen molar-refractivity contribution in [2.24, 2.45) is 0 Å². The third kappa shape index (κ3) is 3.37. The maximum Gasteiger partial charge on any atom is 0.337 e. The molecule has 0 radical (unpaired) electrons. The maximum absolute atomic E-state index is 10.6. The molecule has 0 aliphatic rings. The van der Waals surface area contributed by atoms with Crippen molar-refractivity contribution in [1.82, 2.24) is 0 Å². The minimum Gasteiger partial charge on any atom is -0.479 e. The Hall–Kier alpha value is -1.72. The Morgan fingerprint density at radius 2 is 2.06 bits per heavy atom. The van der Waals surface area contributed by atoms with Crippen molar-refractivity contribution >= 4 is 12.3 Å². The van der Waals surface area contributed by atoms with Gasteiger partial charge in [0.15, 0.2) is 6.10 Å². The lowest BCUT2D eigenvalue weighted by atomic mass is 9.98. The van der Waals surface area contributed by atoms with Crippen molar-refractivity contribution in [2.75, 3.05) is 0 Å². The molecule has 0 aliphatic heterocycles. The van der Waals surface area contributed by atoms with Gasteiger partial charge in [0.05, 0.1) is 6.61 Å². The van der Waals surface area contributed by atoms with Crippen LogP contribution < -0.4 is 0 Å². The Balaban J connectivity index is 2.99. The van der Waals surface area contributed by atoms with E-state index in [9.17, 15) is 14.7 Å². The monoisotopic (exact) mass is 238 g/mol. The van der Waals surface area contributed by atoms with Gasteiger partial charge in [-0.15, -0.1) is 0 Å². The van der Waals surface area contributed by atoms with Crippen LogP contribution in [-0.4, -0.2) is 27.6 Å². The molecule has 92 valence electrons. The molecular formula is C12H14O5. The van der Waals surface area contributed by atoms with Crippen LogP contribution >= 0.6 is 0 Å². The van der Waals surface area contributed by atoms with Gasteiger partial charge in [-0.3, -0.25) is 0 Å². The molecular weight excluding hydrogens is 224 g/mol. The molecule has 1 atom stereocenters. The van der Waals surface area contributed by atoms with E-state index < -0.39 is 12.1 Å². The van der Waals surface area contributed by atoms with E-state index in [4.69, 9.17) is 10.2 Å². The molecule has 1 unspecified atom stereocenters. The molecule has 1 rings (SSSR count). The lowest BCUT2D eigenvalue weighted by molar-refractivity contribution is -0.146. The van der Waals surface area contributed by atoms with Gasteiger partial charge in [0, 0.05) is 6.42 Å². The van der Waals surface area contributed by atoms with Crippen LogP contribution in [0.5, 0.6) is 0 Å². The molecule has 1 aromatic carbocycles. The molecule has 0 bridgehead atoms. The van der Waals surface area contributed by atoms with E-state index in [0.717, 1.165) is 11.8 Å². The topological polar surface area (TPSA) is 94.8 Å². The van der Waals surface area contributed by atoms with Crippen LogP contribution in [0.4, 0.5) is 0 Å². The van der Waals surface area contributed by atoms with E-state index in [1.807, 2.05) is 0 Å². The zero-order valence-electron chi connectivity index (χ0n) is 9.17. The molecule has 3 N–H and O–H groups in total. The summed E-state index contributed by atoms with van der Waals surface area (Å²) in [5, 5.41) is 27.1. The van der Waals surface area contributed by atoms with Crippen LogP contribution in [0.3, 0.4) is 0 Å². The number of carboxylic acid groups (broad SMARTS) is 1. The van der Waals surface area contributed by atoms with Gasteiger partial charge in [0.1, 0.15) is 6.29 Å². The van der Waals surface area contributed by atoms with E-state index in [1.165, 1.54) is 12.1 Å². The van der Waals surface area contributed by atoms with Crippen molar-refractivity contribution in [2.45, 2.75) is 25.6 Å². The zero-order valence-corrected chi connectivity index (χ0v) is 9.17. The number of aryl methyl sites for hydroxylation is 1. The summed E-state index contributed by atoms with van der Waals surface area (Å²) < 4.78 is 0. The quantitative estimate of drug-likeness (QED) is 0.625. The van der Waals surface area contributed by atoms with Crippen LogP contribution in [0.2, 0.25) is 0 Å². The molecule has 0 amide bonds. The number of aldehydes is 1. The summed E-state index contributed by atoms with van der Waals surface area (Å²) in [5.74, 6) is -1.34. The third-order valence-electron chi connectivity index (χ3n) is 2.48. The Morgan fingerprint density at radius 1 is 1.35 bits per heavy atom. The van der Waals surface area contributed by atoms with Gasteiger partial charge in [-0.1, -0.05) is 18.2 Å². The molecule has 0 saturated carbocycles. The molecule has 0 aromatic heterocycles. The van der Waals surface area contributed by atoms with E-state index in [0.29, 0.717) is 18.4 Å². The first kappa shape index (κ1) is 13.3. The second kappa shape index (κ2) is 6.12. The summed E-state index contributed by atoms with van der Waals surface area (Å²) in [6, 6.07) is 4.55. The molecule has 0 saturated heterocycles. The van der Waals surface area contributed by atoms with Crippen LogP contribution in [0, 0.1) is 0 Å². The summed E-state index contributed by atoms with van der Waals surface area (Å²) in [4.78, 5) is 20.9. The SMILES string of the molecule is O=CCCc1ccc(C(O)C(=O)O)cc1CO.